The molecule has 0 bridgehead atoms. The predicted octanol–water partition coefficient (Wildman–Crippen LogP) is 2.38. The molecule has 7 nitrogen and oxygen atoms in total. The fourth-order valence-corrected chi connectivity index (χ4v) is 5.22. The van der Waals surface area contributed by atoms with Crippen LogP contribution in [0, 0.1) is 6.92 Å². The zero-order valence-corrected chi connectivity index (χ0v) is 17.7. The molecule has 1 saturated heterocycles. The van der Waals surface area contributed by atoms with Gasteiger partial charge in [0.1, 0.15) is 11.4 Å². The molecular formula is C21H27N3O4S. The van der Waals surface area contributed by atoms with Gasteiger partial charge < -0.3 is 9.47 Å². The van der Waals surface area contributed by atoms with Gasteiger partial charge in [0.05, 0.1) is 0 Å². The number of hydrogen-bond donors (Lipinski definition) is 0. The molecule has 1 aromatic heterocycles. The highest BCUT2D eigenvalue weighted by atomic mass is 32.2. The average Bonchev–Trinajstić information content (AvgIpc) is 2.71. The van der Waals surface area contributed by atoms with Gasteiger partial charge >= 0.3 is 0 Å². The molecule has 1 fully saturated rings. The topological polar surface area (TPSA) is 79.7 Å². The summed E-state index contributed by atoms with van der Waals surface area (Å²) in [5.41, 5.74) is 1.12. The van der Waals surface area contributed by atoms with E-state index in [9.17, 15) is 18.0 Å². The van der Waals surface area contributed by atoms with Gasteiger partial charge in [-0.25, -0.2) is 8.42 Å². The number of nitrogens with zero attached hydrogens (tertiary/aromatic N) is 3. The third kappa shape index (κ3) is 4.59. The Bertz CT molecular complexity index is 1040. The van der Waals surface area contributed by atoms with Crippen molar-refractivity contribution in [3.05, 3.63) is 58.5 Å². The molecule has 1 amide bonds. The van der Waals surface area contributed by atoms with E-state index in [2.05, 4.69) is 0 Å². The molecule has 0 aliphatic carbocycles. The van der Waals surface area contributed by atoms with Crippen molar-refractivity contribution in [2.75, 3.05) is 24.5 Å². The molecule has 0 atom stereocenters. The van der Waals surface area contributed by atoms with Crippen LogP contribution in [-0.4, -0.2) is 42.8 Å². The van der Waals surface area contributed by atoms with Gasteiger partial charge in [0.15, 0.2) is 0 Å². The van der Waals surface area contributed by atoms with Gasteiger partial charge in [-0.1, -0.05) is 18.6 Å². The number of amides is 1. The van der Waals surface area contributed by atoms with Crippen molar-refractivity contribution in [1.29, 1.82) is 0 Å². The quantitative estimate of drug-likeness (QED) is 0.723. The smallest absolute Gasteiger partial charge is 0.271 e. The second-order valence-corrected chi connectivity index (χ2v) is 9.15. The maximum absolute atomic E-state index is 12.9. The van der Waals surface area contributed by atoms with Crippen LogP contribution < -0.4 is 10.5 Å². The third-order valence-corrected chi connectivity index (χ3v) is 7.07. The first-order valence-electron chi connectivity index (χ1n) is 9.91. The van der Waals surface area contributed by atoms with Crippen molar-refractivity contribution in [2.24, 2.45) is 0 Å². The highest BCUT2D eigenvalue weighted by molar-refractivity contribution is 7.89. The van der Waals surface area contributed by atoms with E-state index >= 15 is 0 Å². The van der Waals surface area contributed by atoms with Crippen LogP contribution in [0.25, 0.3) is 0 Å². The number of aromatic nitrogens is 1. The summed E-state index contributed by atoms with van der Waals surface area (Å²) in [6, 6.07) is 10.4. The van der Waals surface area contributed by atoms with Crippen LogP contribution in [0.3, 0.4) is 0 Å². The molecule has 29 heavy (non-hydrogen) atoms. The molecule has 0 N–H and O–H groups in total. The van der Waals surface area contributed by atoms with Crippen molar-refractivity contribution < 1.29 is 13.2 Å². The van der Waals surface area contributed by atoms with Crippen LogP contribution >= 0.6 is 0 Å². The summed E-state index contributed by atoms with van der Waals surface area (Å²) in [4.78, 5) is 27.1. The predicted molar refractivity (Wildman–Crippen MR) is 113 cm³/mol. The molecule has 8 heteroatoms. The van der Waals surface area contributed by atoms with Crippen molar-refractivity contribution in [3.8, 4) is 0 Å². The fraction of sp³-hybridized carbons (Fsp3) is 0.429. The molecule has 1 aliphatic heterocycles. The number of pyridine rings is 1. The molecular weight excluding hydrogens is 390 g/mol. The number of likely N-dealkylation sites (N-methyl/N-ethyl adjacent to an activating group) is 1. The first-order chi connectivity index (χ1) is 13.8. The Kier molecular flexibility index (Phi) is 6.54. The van der Waals surface area contributed by atoms with E-state index < -0.39 is 15.6 Å². The van der Waals surface area contributed by atoms with Crippen LogP contribution in [0.1, 0.15) is 31.7 Å². The molecule has 3 rings (SSSR count). The Balaban J connectivity index is 1.87. The summed E-state index contributed by atoms with van der Waals surface area (Å²) in [6.45, 7) is 4.88. The first-order valence-corrected chi connectivity index (χ1v) is 11.3. The molecule has 0 unspecified atom stereocenters. The van der Waals surface area contributed by atoms with E-state index in [1.807, 2.05) is 38.1 Å². The lowest BCUT2D eigenvalue weighted by Crippen LogP contribution is -2.41. The summed E-state index contributed by atoms with van der Waals surface area (Å²) >= 11 is 0. The third-order valence-electron chi connectivity index (χ3n) is 5.15. The Morgan fingerprint density at radius 3 is 2.48 bits per heavy atom. The summed E-state index contributed by atoms with van der Waals surface area (Å²) in [7, 11) is -3.86. The minimum Gasteiger partial charge on any atom is -0.311 e. The molecule has 2 heterocycles. The van der Waals surface area contributed by atoms with Gasteiger partial charge in [-0.05, 0) is 56.5 Å². The maximum atomic E-state index is 12.9. The molecule has 1 aromatic carbocycles. The Morgan fingerprint density at radius 1 is 1.10 bits per heavy atom. The maximum Gasteiger partial charge on any atom is 0.271 e. The minimum absolute atomic E-state index is 0.218. The second-order valence-electron chi connectivity index (χ2n) is 7.25. The van der Waals surface area contributed by atoms with Crippen molar-refractivity contribution in [2.45, 2.75) is 44.6 Å². The number of carbonyl (C=O) groups excluding carboxylic acids is 1. The van der Waals surface area contributed by atoms with Crippen LogP contribution in [0.2, 0.25) is 0 Å². The Morgan fingerprint density at radius 2 is 1.83 bits per heavy atom. The van der Waals surface area contributed by atoms with Crippen LogP contribution in [0.15, 0.2) is 52.3 Å². The molecule has 1 aliphatic rings. The number of aryl methyl sites for hydroxylation is 1. The lowest BCUT2D eigenvalue weighted by atomic mass is 10.2. The van der Waals surface area contributed by atoms with Gasteiger partial charge in [0, 0.05) is 31.5 Å². The van der Waals surface area contributed by atoms with Crippen molar-refractivity contribution in [3.63, 3.8) is 0 Å². The number of hydrogen-bond acceptors (Lipinski definition) is 4. The number of piperidine rings is 1. The molecule has 156 valence electrons. The summed E-state index contributed by atoms with van der Waals surface area (Å²) in [5.74, 6) is -0.271. The summed E-state index contributed by atoms with van der Waals surface area (Å²) in [6.07, 6.45) is 4.03. The van der Waals surface area contributed by atoms with Crippen LogP contribution in [0.4, 0.5) is 5.69 Å². The average molecular weight is 418 g/mol. The van der Waals surface area contributed by atoms with Crippen molar-refractivity contribution in [1.82, 2.24) is 8.87 Å². The lowest BCUT2D eigenvalue weighted by molar-refractivity contribution is -0.119. The van der Waals surface area contributed by atoms with Gasteiger partial charge in [0.25, 0.3) is 5.56 Å². The van der Waals surface area contributed by atoms with Crippen LogP contribution in [-0.2, 0) is 21.4 Å². The minimum atomic E-state index is -3.86. The summed E-state index contributed by atoms with van der Waals surface area (Å²) in [5, 5.41) is 0. The molecule has 0 radical (unpaired) electrons. The first kappa shape index (κ1) is 21.3. The second kappa shape index (κ2) is 8.92. The number of rotatable bonds is 6. The lowest BCUT2D eigenvalue weighted by Gasteiger charge is -2.26. The highest BCUT2D eigenvalue weighted by Gasteiger charge is 2.29. The fourth-order valence-electron chi connectivity index (χ4n) is 3.61. The Hall–Kier alpha value is -2.45. The van der Waals surface area contributed by atoms with Crippen molar-refractivity contribution >= 4 is 21.6 Å². The number of anilines is 1. The number of sulfonamides is 1. The summed E-state index contributed by atoms with van der Waals surface area (Å²) < 4.78 is 28.4. The zero-order chi connectivity index (χ0) is 21.0. The SMILES string of the molecule is CCN(C(=O)Cn1cccc(S(=O)(=O)N2CCCCC2)c1=O)c1cccc(C)c1. The monoisotopic (exact) mass is 417 g/mol. The standard InChI is InChI=1S/C21H27N3O4S/c1-3-24(18-10-7-9-17(2)15-18)20(25)16-22-12-8-11-19(21(22)26)29(27,28)23-13-5-4-6-14-23/h7-12,15H,3-6,13-14,16H2,1-2H3. The van der Waals surface area contributed by atoms with E-state index in [4.69, 9.17) is 0 Å². The van der Waals surface area contributed by atoms with E-state index in [0.717, 1.165) is 30.5 Å². The Labute approximate surface area is 171 Å². The van der Waals surface area contributed by atoms with Crippen LogP contribution in [0.5, 0.6) is 0 Å². The zero-order valence-electron chi connectivity index (χ0n) is 16.9. The van der Waals surface area contributed by atoms with E-state index in [0.29, 0.717) is 19.6 Å². The normalized spacial score (nSPS) is 15.2. The number of carbonyl (C=O) groups is 1. The largest absolute Gasteiger partial charge is 0.311 e. The molecule has 0 saturated carbocycles. The van der Waals surface area contributed by atoms with E-state index in [1.54, 1.807) is 4.90 Å². The number of benzene rings is 1. The molecule has 0 spiro atoms. The van der Waals surface area contributed by atoms with Gasteiger partial charge in [-0.3, -0.25) is 9.59 Å². The molecule has 2 aromatic rings. The highest BCUT2D eigenvalue weighted by Crippen LogP contribution is 2.19. The van der Waals surface area contributed by atoms with Gasteiger partial charge in [-0.2, -0.15) is 4.31 Å². The van der Waals surface area contributed by atoms with E-state index in [-0.39, 0.29) is 17.3 Å². The van der Waals surface area contributed by atoms with Gasteiger partial charge in [-0.15, -0.1) is 0 Å². The van der Waals surface area contributed by atoms with E-state index in [1.165, 1.54) is 27.2 Å². The van der Waals surface area contributed by atoms with Gasteiger partial charge in [0.2, 0.25) is 15.9 Å².